The highest BCUT2D eigenvalue weighted by atomic mass is 16.2. The minimum absolute atomic E-state index is 0.272. The SMILES string of the molecule is CC.CCc1c(N2CCN(C)CC2)c(=O)c1=O. The van der Waals surface area contributed by atoms with Gasteiger partial charge in [0.1, 0.15) is 0 Å². The zero-order valence-corrected chi connectivity index (χ0v) is 11.2. The van der Waals surface area contributed by atoms with Crippen LogP contribution in [0.2, 0.25) is 0 Å². The van der Waals surface area contributed by atoms with E-state index in [0.717, 1.165) is 31.7 Å². The van der Waals surface area contributed by atoms with E-state index in [-0.39, 0.29) is 10.9 Å². The van der Waals surface area contributed by atoms with Crippen molar-refractivity contribution >= 4 is 5.69 Å². The Labute approximate surface area is 103 Å². The third-order valence-electron chi connectivity index (χ3n) is 3.15. The minimum atomic E-state index is -0.281. The van der Waals surface area contributed by atoms with Gasteiger partial charge >= 0.3 is 0 Å². The average Bonchev–Trinajstić information content (AvgIpc) is 2.38. The van der Waals surface area contributed by atoms with Crippen LogP contribution in [0.3, 0.4) is 0 Å². The van der Waals surface area contributed by atoms with Crippen LogP contribution < -0.4 is 15.8 Å². The second-order valence-electron chi connectivity index (χ2n) is 4.13. The molecule has 96 valence electrons. The molecule has 0 N–H and O–H groups in total. The first-order chi connectivity index (χ1) is 8.15. The van der Waals surface area contributed by atoms with Gasteiger partial charge in [0, 0.05) is 31.7 Å². The minimum Gasteiger partial charge on any atom is -0.365 e. The second kappa shape index (κ2) is 5.96. The van der Waals surface area contributed by atoms with E-state index in [0.29, 0.717) is 12.1 Å². The molecule has 0 bridgehead atoms. The molecule has 1 heterocycles. The van der Waals surface area contributed by atoms with Gasteiger partial charge in [-0.3, -0.25) is 9.59 Å². The fourth-order valence-corrected chi connectivity index (χ4v) is 2.12. The van der Waals surface area contributed by atoms with Crippen molar-refractivity contribution in [3.05, 3.63) is 26.0 Å². The summed E-state index contributed by atoms with van der Waals surface area (Å²) in [5.41, 5.74) is 0.864. The second-order valence-corrected chi connectivity index (χ2v) is 4.13. The average molecular weight is 238 g/mol. The van der Waals surface area contributed by atoms with E-state index < -0.39 is 0 Å². The molecule has 0 aromatic heterocycles. The van der Waals surface area contributed by atoms with E-state index >= 15 is 0 Å². The van der Waals surface area contributed by atoms with Crippen molar-refractivity contribution in [2.24, 2.45) is 0 Å². The van der Waals surface area contributed by atoms with Crippen LogP contribution in [-0.2, 0) is 6.42 Å². The molecule has 1 aromatic carbocycles. The summed E-state index contributed by atoms with van der Waals surface area (Å²) in [6, 6.07) is 0. The summed E-state index contributed by atoms with van der Waals surface area (Å²) in [6.07, 6.45) is 0.673. The summed E-state index contributed by atoms with van der Waals surface area (Å²) in [5.74, 6) is 0. The lowest BCUT2D eigenvalue weighted by Crippen LogP contribution is -2.51. The highest BCUT2D eigenvalue weighted by molar-refractivity contribution is 5.58. The van der Waals surface area contributed by atoms with Crippen molar-refractivity contribution in [1.82, 2.24) is 4.90 Å². The van der Waals surface area contributed by atoms with Crippen LogP contribution in [-0.4, -0.2) is 38.1 Å². The Bertz CT molecular complexity index is 425. The van der Waals surface area contributed by atoms with Crippen molar-refractivity contribution in [3.8, 4) is 0 Å². The fourth-order valence-electron chi connectivity index (χ4n) is 2.12. The summed E-state index contributed by atoms with van der Waals surface area (Å²) in [5, 5.41) is 0. The fraction of sp³-hybridized carbons (Fsp3) is 0.692. The van der Waals surface area contributed by atoms with E-state index in [1.54, 1.807) is 0 Å². The van der Waals surface area contributed by atoms with Crippen LogP contribution in [0.15, 0.2) is 9.59 Å². The van der Waals surface area contributed by atoms with Crippen molar-refractivity contribution in [2.45, 2.75) is 27.2 Å². The number of hydrogen-bond donors (Lipinski definition) is 0. The Balaban J connectivity index is 0.000000686. The van der Waals surface area contributed by atoms with Gasteiger partial charge in [-0.2, -0.15) is 0 Å². The van der Waals surface area contributed by atoms with E-state index in [9.17, 15) is 9.59 Å². The molecule has 1 saturated heterocycles. The molecular formula is C13H22N2O2. The number of anilines is 1. The highest BCUT2D eigenvalue weighted by Gasteiger charge is 2.26. The maximum atomic E-state index is 11.4. The molecule has 17 heavy (non-hydrogen) atoms. The molecule has 1 fully saturated rings. The Morgan fingerprint density at radius 2 is 1.53 bits per heavy atom. The van der Waals surface area contributed by atoms with Crippen molar-refractivity contribution in [1.29, 1.82) is 0 Å². The standard InChI is InChI=1S/C11H16N2O2.C2H6/c1-3-8-9(11(15)10(8)14)13-6-4-12(2)5-7-13;1-2/h3-7H2,1-2H3;1-2H3. The zero-order chi connectivity index (χ0) is 13.0. The smallest absolute Gasteiger partial charge is 0.249 e. The van der Waals surface area contributed by atoms with Gasteiger partial charge in [0.25, 0.3) is 0 Å². The maximum absolute atomic E-state index is 11.4. The molecule has 1 aromatic rings. The van der Waals surface area contributed by atoms with Crippen LogP contribution in [0.1, 0.15) is 26.3 Å². The van der Waals surface area contributed by atoms with Crippen LogP contribution in [0.5, 0.6) is 0 Å². The van der Waals surface area contributed by atoms with E-state index in [1.165, 1.54) is 0 Å². The lowest BCUT2D eigenvalue weighted by Gasteiger charge is -2.35. The van der Waals surface area contributed by atoms with Crippen molar-refractivity contribution in [2.75, 3.05) is 38.1 Å². The zero-order valence-electron chi connectivity index (χ0n) is 11.2. The predicted octanol–water partition coefficient (Wildman–Crippen LogP) is 0.623. The first-order valence-corrected chi connectivity index (χ1v) is 6.40. The predicted molar refractivity (Wildman–Crippen MR) is 71.8 cm³/mol. The molecule has 0 aliphatic carbocycles. The molecule has 0 saturated carbocycles. The van der Waals surface area contributed by atoms with Gasteiger partial charge < -0.3 is 9.80 Å². The summed E-state index contributed by atoms with van der Waals surface area (Å²) >= 11 is 0. The Morgan fingerprint density at radius 3 is 2.00 bits per heavy atom. The third kappa shape index (κ3) is 2.57. The van der Waals surface area contributed by atoms with Crippen molar-refractivity contribution in [3.63, 3.8) is 0 Å². The summed E-state index contributed by atoms with van der Waals surface area (Å²) < 4.78 is 0. The van der Waals surface area contributed by atoms with E-state index in [1.807, 2.05) is 20.8 Å². The van der Waals surface area contributed by atoms with Gasteiger partial charge in [-0.05, 0) is 13.5 Å². The summed E-state index contributed by atoms with van der Waals surface area (Å²) in [7, 11) is 2.07. The number of hydrogen-bond acceptors (Lipinski definition) is 4. The number of likely N-dealkylation sites (N-methyl/N-ethyl adjacent to an activating group) is 1. The molecule has 1 aliphatic rings. The first-order valence-electron chi connectivity index (χ1n) is 6.40. The Hall–Kier alpha value is -1.16. The molecule has 4 heteroatoms. The van der Waals surface area contributed by atoms with Gasteiger partial charge in [-0.25, -0.2) is 0 Å². The maximum Gasteiger partial charge on any atom is 0.249 e. The third-order valence-corrected chi connectivity index (χ3v) is 3.15. The highest BCUT2D eigenvalue weighted by Crippen LogP contribution is 2.16. The quantitative estimate of drug-likeness (QED) is 0.708. The van der Waals surface area contributed by atoms with Crippen LogP contribution in [0.4, 0.5) is 5.69 Å². The lowest BCUT2D eigenvalue weighted by molar-refractivity contribution is 0.312. The van der Waals surface area contributed by atoms with E-state index in [2.05, 4.69) is 16.8 Å². The Morgan fingerprint density at radius 1 is 1.00 bits per heavy atom. The first kappa shape index (κ1) is 13.9. The van der Waals surface area contributed by atoms with Gasteiger partial charge in [0.05, 0.1) is 5.69 Å². The lowest BCUT2D eigenvalue weighted by atomic mass is 10.0. The van der Waals surface area contributed by atoms with Gasteiger partial charge in [-0.1, -0.05) is 20.8 Å². The number of piperazine rings is 1. The van der Waals surface area contributed by atoms with Crippen LogP contribution in [0.25, 0.3) is 0 Å². The topological polar surface area (TPSA) is 40.6 Å². The molecule has 0 atom stereocenters. The Kier molecular flexibility index (Phi) is 4.87. The summed E-state index contributed by atoms with van der Waals surface area (Å²) in [6.45, 7) is 9.56. The van der Waals surface area contributed by atoms with Crippen LogP contribution in [0, 0.1) is 0 Å². The molecule has 0 unspecified atom stereocenters. The summed E-state index contributed by atoms with van der Waals surface area (Å²) in [4.78, 5) is 27.0. The molecule has 1 aliphatic heterocycles. The molecule has 0 radical (unpaired) electrons. The van der Waals surface area contributed by atoms with Gasteiger partial charge in [0.15, 0.2) is 0 Å². The van der Waals surface area contributed by atoms with E-state index in [4.69, 9.17) is 0 Å². The monoisotopic (exact) mass is 238 g/mol. The molecule has 0 spiro atoms. The largest absolute Gasteiger partial charge is 0.365 e. The number of nitrogens with zero attached hydrogens (tertiary/aromatic N) is 2. The molecule has 4 nitrogen and oxygen atoms in total. The van der Waals surface area contributed by atoms with Crippen LogP contribution >= 0.6 is 0 Å². The van der Waals surface area contributed by atoms with Gasteiger partial charge in [-0.15, -0.1) is 0 Å². The van der Waals surface area contributed by atoms with Crippen molar-refractivity contribution < 1.29 is 0 Å². The molecule has 0 amide bonds. The van der Waals surface area contributed by atoms with Gasteiger partial charge in [0.2, 0.25) is 10.9 Å². The normalized spacial score (nSPS) is 16.8. The molecule has 2 rings (SSSR count). The molecular weight excluding hydrogens is 216 g/mol. The number of rotatable bonds is 2.